The number of hydrogen-bond donors (Lipinski definition) is 1. The third-order valence-electron chi connectivity index (χ3n) is 6.23. The molecule has 0 bridgehead atoms. The van der Waals surface area contributed by atoms with Crippen molar-refractivity contribution in [3.05, 3.63) is 28.8 Å². The van der Waals surface area contributed by atoms with Crippen LogP contribution in [0.3, 0.4) is 0 Å². The maximum absolute atomic E-state index is 13.2. The van der Waals surface area contributed by atoms with Crippen molar-refractivity contribution >= 4 is 11.6 Å². The van der Waals surface area contributed by atoms with Crippen molar-refractivity contribution in [2.45, 2.75) is 58.4 Å². The minimum Gasteiger partial charge on any atom is -0.320 e. The van der Waals surface area contributed by atoms with Crippen molar-refractivity contribution in [2.75, 3.05) is 25.0 Å². The molecule has 0 radical (unpaired) electrons. The number of carbonyl (C=O) groups excluding carboxylic acids is 1. The summed E-state index contributed by atoms with van der Waals surface area (Å²) in [6.45, 7) is 9.47. The molecule has 1 aliphatic heterocycles. The molecule has 1 heterocycles. The SMILES string of the molecule is CC[N+]1(C2(C(=O)Nc3c(C)cc(C#N)cc3C)CC2)CCCCC1. The minimum absolute atomic E-state index is 0.183. The van der Waals surface area contributed by atoms with Gasteiger partial charge in [-0.15, -0.1) is 0 Å². The average Bonchev–Trinajstić information content (AvgIpc) is 3.40. The van der Waals surface area contributed by atoms with E-state index < -0.39 is 0 Å². The Bertz CT molecular complexity index is 668. The highest BCUT2D eigenvalue weighted by Gasteiger charge is 2.65. The molecule has 0 spiro atoms. The lowest BCUT2D eigenvalue weighted by Gasteiger charge is -2.46. The van der Waals surface area contributed by atoms with Gasteiger partial charge >= 0.3 is 0 Å². The van der Waals surface area contributed by atoms with E-state index in [1.807, 2.05) is 26.0 Å². The molecule has 1 aliphatic carbocycles. The number of carbonyl (C=O) groups is 1. The zero-order valence-electron chi connectivity index (χ0n) is 15.1. The quantitative estimate of drug-likeness (QED) is 0.858. The van der Waals surface area contributed by atoms with Crippen molar-refractivity contribution in [1.82, 2.24) is 0 Å². The van der Waals surface area contributed by atoms with Crippen LogP contribution < -0.4 is 5.32 Å². The Labute approximate surface area is 145 Å². The second kappa shape index (κ2) is 6.22. The van der Waals surface area contributed by atoms with Crippen LogP contribution >= 0.6 is 0 Å². The van der Waals surface area contributed by atoms with Gasteiger partial charge in [-0.25, -0.2) is 0 Å². The summed E-state index contributed by atoms with van der Waals surface area (Å²) >= 11 is 0. The molecule has 3 rings (SSSR count). The number of quaternary nitrogens is 1. The van der Waals surface area contributed by atoms with Gasteiger partial charge in [0.2, 0.25) is 0 Å². The first-order valence-electron chi connectivity index (χ1n) is 9.17. The number of amides is 1. The van der Waals surface area contributed by atoms with Gasteiger partial charge in [-0.2, -0.15) is 5.26 Å². The number of likely N-dealkylation sites (N-methyl/N-ethyl adjacent to an activating group) is 1. The minimum atomic E-state index is -0.220. The van der Waals surface area contributed by atoms with Crippen molar-refractivity contribution in [3.8, 4) is 6.07 Å². The molecule has 1 N–H and O–H groups in total. The Kier molecular flexibility index (Phi) is 4.40. The van der Waals surface area contributed by atoms with Crippen LogP contribution in [0.2, 0.25) is 0 Å². The fourth-order valence-corrected chi connectivity index (χ4v) is 4.65. The number of likely N-dealkylation sites (tertiary alicyclic amines) is 1. The Hall–Kier alpha value is -1.86. The zero-order chi connectivity index (χ0) is 17.4. The second-order valence-corrected chi connectivity index (χ2v) is 7.55. The average molecular weight is 326 g/mol. The lowest BCUT2D eigenvalue weighted by Crippen LogP contribution is -2.64. The van der Waals surface area contributed by atoms with E-state index in [9.17, 15) is 4.79 Å². The number of anilines is 1. The van der Waals surface area contributed by atoms with Crippen LogP contribution in [0.25, 0.3) is 0 Å². The van der Waals surface area contributed by atoms with E-state index in [0.717, 1.165) is 53.8 Å². The van der Waals surface area contributed by atoms with Gasteiger partial charge in [0.25, 0.3) is 5.91 Å². The first-order valence-corrected chi connectivity index (χ1v) is 9.17. The normalized spacial score (nSPS) is 20.9. The topological polar surface area (TPSA) is 52.9 Å². The summed E-state index contributed by atoms with van der Waals surface area (Å²) in [4.78, 5) is 13.2. The molecular formula is C20H28N3O+. The third kappa shape index (κ3) is 2.61. The van der Waals surface area contributed by atoms with Gasteiger partial charge in [-0.3, -0.25) is 4.79 Å². The molecule has 24 heavy (non-hydrogen) atoms. The van der Waals surface area contributed by atoms with E-state index in [4.69, 9.17) is 5.26 Å². The summed E-state index contributed by atoms with van der Waals surface area (Å²) in [6, 6.07) is 5.89. The Morgan fingerprint density at radius 1 is 1.21 bits per heavy atom. The highest BCUT2D eigenvalue weighted by molar-refractivity contribution is 6.00. The maximum atomic E-state index is 13.2. The molecule has 0 aromatic heterocycles. The number of aryl methyl sites for hydroxylation is 2. The molecule has 1 saturated heterocycles. The van der Waals surface area contributed by atoms with E-state index in [-0.39, 0.29) is 11.4 Å². The number of benzene rings is 1. The smallest absolute Gasteiger partial charge is 0.285 e. The second-order valence-electron chi connectivity index (χ2n) is 7.55. The molecular weight excluding hydrogens is 298 g/mol. The van der Waals surface area contributed by atoms with Crippen LogP contribution in [0.15, 0.2) is 12.1 Å². The standard InChI is InChI=1S/C20H27N3O/c1-4-23(10-6-5-7-11-23)20(8-9-20)19(24)22-18-15(2)12-17(14-21)13-16(18)3/h12-13H,4-11H2,1-3H3/p+1. The first kappa shape index (κ1) is 17.0. The summed E-state index contributed by atoms with van der Waals surface area (Å²) in [5.41, 5.74) is 3.26. The van der Waals surface area contributed by atoms with Crippen molar-refractivity contribution in [2.24, 2.45) is 0 Å². The third-order valence-corrected chi connectivity index (χ3v) is 6.23. The van der Waals surface area contributed by atoms with E-state index in [0.29, 0.717) is 5.56 Å². The molecule has 1 aromatic carbocycles. The highest BCUT2D eigenvalue weighted by Crippen LogP contribution is 2.49. The van der Waals surface area contributed by atoms with Crippen LogP contribution in [0, 0.1) is 25.2 Å². The summed E-state index contributed by atoms with van der Waals surface area (Å²) in [7, 11) is 0. The van der Waals surface area contributed by atoms with Gasteiger partial charge in [-0.1, -0.05) is 0 Å². The molecule has 128 valence electrons. The van der Waals surface area contributed by atoms with Gasteiger partial charge in [-0.05, 0) is 63.3 Å². The molecule has 1 saturated carbocycles. The fourth-order valence-electron chi connectivity index (χ4n) is 4.65. The number of hydrogen-bond acceptors (Lipinski definition) is 2. The van der Waals surface area contributed by atoms with Crippen LogP contribution in [0.1, 0.15) is 55.7 Å². The van der Waals surface area contributed by atoms with Crippen LogP contribution in [0.4, 0.5) is 5.69 Å². The van der Waals surface area contributed by atoms with Gasteiger partial charge in [0, 0.05) is 18.5 Å². The van der Waals surface area contributed by atoms with Crippen LogP contribution in [0.5, 0.6) is 0 Å². The van der Waals surface area contributed by atoms with Crippen molar-refractivity contribution in [1.29, 1.82) is 5.26 Å². The molecule has 0 atom stereocenters. The monoisotopic (exact) mass is 326 g/mol. The van der Waals surface area contributed by atoms with Gasteiger partial charge in [0.15, 0.2) is 5.54 Å². The summed E-state index contributed by atoms with van der Waals surface area (Å²) in [5, 5.41) is 12.3. The lowest BCUT2D eigenvalue weighted by molar-refractivity contribution is -0.955. The summed E-state index contributed by atoms with van der Waals surface area (Å²) in [6.07, 6.45) is 5.77. The largest absolute Gasteiger partial charge is 0.320 e. The first-order chi connectivity index (χ1) is 11.5. The van der Waals surface area contributed by atoms with Gasteiger partial charge in [0.1, 0.15) is 0 Å². The molecule has 4 nitrogen and oxygen atoms in total. The molecule has 1 aromatic rings. The fraction of sp³-hybridized carbons (Fsp3) is 0.600. The highest BCUT2D eigenvalue weighted by atomic mass is 16.2. The van der Waals surface area contributed by atoms with E-state index in [1.54, 1.807) is 0 Å². The lowest BCUT2D eigenvalue weighted by atomic mass is 9.99. The van der Waals surface area contributed by atoms with Crippen LogP contribution in [-0.2, 0) is 4.79 Å². The predicted octanol–water partition coefficient (Wildman–Crippen LogP) is 3.67. The predicted molar refractivity (Wildman–Crippen MR) is 95.6 cm³/mol. The number of piperidine rings is 1. The van der Waals surface area contributed by atoms with Gasteiger partial charge < -0.3 is 9.80 Å². The number of nitrogens with one attached hydrogen (secondary N) is 1. The molecule has 2 fully saturated rings. The number of nitrogens with zero attached hydrogens (tertiary/aromatic N) is 2. The number of nitriles is 1. The van der Waals surface area contributed by atoms with E-state index in [2.05, 4.69) is 18.3 Å². The van der Waals surface area contributed by atoms with Crippen molar-refractivity contribution < 1.29 is 9.28 Å². The van der Waals surface area contributed by atoms with Gasteiger partial charge in [0.05, 0.1) is 31.3 Å². The maximum Gasteiger partial charge on any atom is 0.285 e. The molecule has 4 heteroatoms. The molecule has 0 unspecified atom stereocenters. The zero-order valence-corrected chi connectivity index (χ0v) is 15.1. The number of rotatable bonds is 4. The molecule has 1 amide bonds. The van der Waals surface area contributed by atoms with E-state index >= 15 is 0 Å². The van der Waals surface area contributed by atoms with Crippen molar-refractivity contribution in [3.63, 3.8) is 0 Å². The van der Waals surface area contributed by atoms with E-state index in [1.165, 1.54) is 19.3 Å². The summed E-state index contributed by atoms with van der Waals surface area (Å²) in [5.74, 6) is 0.183. The van der Waals surface area contributed by atoms with Crippen LogP contribution in [-0.4, -0.2) is 35.6 Å². The summed E-state index contributed by atoms with van der Waals surface area (Å²) < 4.78 is 0.965. The Morgan fingerprint density at radius 2 is 1.79 bits per heavy atom. The Morgan fingerprint density at radius 3 is 2.25 bits per heavy atom. The molecule has 2 aliphatic rings. The Balaban J connectivity index is 1.86.